The van der Waals surface area contributed by atoms with E-state index in [4.69, 9.17) is 4.74 Å². The van der Waals surface area contributed by atoms with Gasteiger partial charge in [-0.1, -0.05) is 12.1 Å². The van der Waals surface area contributed by atoms with Crippen LogP contribution in [0.15, 0.2) is 24.3 Å². The van der Waals surface area contributed by atoms with Gasteiger partial charge in [0.2, 0.25) is 0 Å². The summed E-state index contributed by atoms with van der Waals surface area (Å²) in [5, 5.41) is 3.52. The first-order valence-corrected chi connectivity index (χ1v) is 7.68. The second kappa shape index (κ2) is 6.12. The monoisotopic (exact) mass is 275 g/mol. The molecule has 1 aromatic carbocycles. The minimum atomic E-state index is 0.397. The molecule has 4 rings (SSSR count). The molecule has 110 valence electrons. The van der Waals surface area contributed by atoms with Crippen molar-refractivity contribution in [3.63, 3.8) is 0 Å². The summed E-state index contributed by atoms with van der Waals surface area (Å²) < 4.78 is 5.53. The van der Waals surface area contributed by atoms with Gasteiger partial charge in [0.05, 0.1) is 6.61 Å². The van der Waals surface area contributed by atoms with Crippen LogP contribution in [0.2, 0.25) is 0 Å². The fraction of sp³-hybridized carbons (Fsp3) is 0.625. The van der Waals surface area contributed by atoms with Crippen LogP contribution in [0.5, 0.6) is 5.75 Å². The lowest BCUT2D eigenvalue weighted by atomic mass is 9.94. The third-order valence-corrected chi connectivity index (χ3v) is 4.57. The average Bonchev–Trinajstić information content (AvgIpc) is 2.51. The Morgan fingerprint density at radius 1 is 1.20 bits per heavy atom. The smallest absolute Gasteiger partial charge is 0.119 e. The zero-order valence-corrected chi connectivity index (χ0v) is 12.5. The van der Waals surface area contributed by atoms with Gasteiger partial charge in [-0.3, -0.25) is 9.80 Å². The third kappa shape index (κ3) is 2.68. The highest BCUT2D eigenvalue weighted by Crippen LogP contribution is 2.28. The summed E-state index contributed by atoms with van der Waals surface area (Å²) in [5.41, 5.74) is 1.36. The van der Waals surface area contributed by atoms with E-state index in [-0.39, 0.29) is 0 Å². The topological polar surface area (TPSA) is 27.7 Å². The molecule has 1 aromatic rings. The van der Waals surface area contributed by atoms with Crippen molar-refractivity contribution >= 4 is 0 Å². The van der Waals surface area contributed by atoms with E-state index in [0.29, 0.717) is 12.1 Å². The second-order valence-corrected chi connectivity index (χ2v) is 5.67. The van der Waals surface area contributed by atoms with Crippen LogP contribution in [0.3, 0.4) is 0 Å². The average molecular weight is 275 g/mol. The van der Waals surface area contributed by atoms with Crippen LogP contribution in [0.1, 0.15) is 18.5 Å². The molecule has 2 bridgehead atoms. The van der Waals surface area contributed by atoms with Crippen molar-refractivity contribution in [3.8, 4) is 5.75 Å². The molecule has 0 spiro atoms. The number of hydrogen-bond acceptors (Lipinski definition) is 4. The van der Waals surface area contributed by atoms with Crippen LogP contribution in [0.4, 0.5) is 0 Å². The Bertz CT molecular complexity index is 426. The Morgan fingerprint density at radius 3 is 2.40 bits per heavy atom. The molecule has 0 aromatic heterocycles. The molecule has 3 heterocycles. The van der Waals surface area contributed by atoms with Crippen LogP contribution in [0, 0.1) is 0 Å². The van der Waals surface area contributed by atoms with E-state index in [1.165, 1.54) is 38.3 Å². The minimum Gasteiger partial charge on any atom is -0.494 e. The van der Waals surface area contributed by atoms with Crippen LogP contribution >= 0.6 is 0 Å². The van der Waals surface area contributed by atoms with Gasteiger partial charge in [-0.25, -0.2) is 0 Å². The summed E-state index contributed by atoms with van der Waals surface area (Å²) in [6.45, 7) is 8.80. The first-order valence-electron chi connectivity index (χ1n) is 7.68. The highest BCUT2D eigenvalue weighted by atomic mass is 16.5. The highest BCUT2D eigenvalue weighted by Gasteiger charge is 2.36. The molecule has 0 aliphatic carbocycles. The molecule has 0 saturated carbocycles. The lowest BCUT2D eigenvalue weighted by Crippen LogP contribution is -2.63. The summed E-state index contributed by atoms with van der Waals surface area (Å²) in [6.07, 6.45) is 0. The molecular weight excluding hydrogens is 250 g/mol. The molecule has 1 N–H and O–H groups in total. The van der Waals surface area contributed by atoms with Crippen LogP contribution in [-0.4, -0.2) is 62.2 Å². The zero-order chi connectivity index (χ0) is 13.9. The van der Waals surface area contributed by atoms with Gasteiger partial charge in [-0.05, 0) is 31.7 Å². The Hall–Kier alpha value is -1.10. The van der Waals surface area contributed by atoms with Crippen LogP contribution < -0.4 is 10.1 Å². The number of likely N-dealkylation sites (N-methyl/N-ethyl adjacent to an activating group) is 1. The van der Waals surface area contributed by atoms with E-state index in [1.54, 1.807) is 0 Å². The second-order valence-electron chi connectivity index (χ2n) is 5.67. The third-order valence-electron chi connectivity index (χ3n) is 4.57. The van der Waals surface area contributed by atoms with Crippen molar-refractivity contribution < 1.29 is 4.74 Å². The quantitative estimate of drug-likeness (QED) is 0.878. The summed E-state index contributed by atoms with van der Waals surface area (Å²) in [6, 6.07) is 9.55. The Morgan fingerprint density at radius 2 is 1.90 bits per heavy atom. The van der Waals surface area contributed by atoms with Crippen LogP contribution in [-0.2, 0) is 0 Å². The Balaban J connectivity index is 1.75. The molecular formula is C16H25N3O. The molecule has 3 saturated heterocycles. The standard InChI is InChI=1S/C16H25N3O/c1-3-20-14-6-4-13(5-7-14)16(17-2)15-12-18-8-10-19(15)11-9-18/h4-7,15-17H,3,8-12H2,1-2H3. The molecule has 3 aliphatic heterocycles. The van der Waals surface area contributed by atoms with Crippen molar-refractivity contribution in [2.24, 2.45) is 0 Å². The number of rotatable bonds is 5. The van der Waals surface area contributed by atoms with Gasteiger partial charge in [0.15, 0.2) is 0 Å². The molecule has 20 heavy (non-hydrogen) atoms. The van der Waals surface area contributed by atoms with Crippen molar-refractivity contribution in [3.05, 3.63) is 29.8 Å². The first kappa shape index (κ1) is 13.9. The number of hydrogen-bond donors (Lipinski definition) is 1. The predicted molar refractivity (Wildman–Crippen MR) is 81.2 cm³/mol. The highest BCUT2D eigenvalue weighted by molar-refractivity contribution is 5.30. The predicted octanol–water partition coefficient (Wildman–Crippen LogP) is 1.35. The van der Waals surface area contributed by atoms with Crippen molar-refractivity contribution in [2.45, 2.75) is 19.0 Å². The molecule has 0 radical (unpaired) electrons. The van der Waals surface area contributed by atoms with E-state index in [9.17, 15) is 0 Å². The number of fused-ring (bicyclic) bond motifs is 3. The lowest BCUT2D eigenvalue weighted by molar-refractivity contribution is -0.00255. The van der Waals surface area contributed by atoms with Crippen molar-refractivity contribution in [2.75, 3.05) is 46.4 Å². The Kier molecular flexibility index (Phi) is 4.24. The van der Waals surface area contributed by atoms with Crippen LogP contribution in [0.25, 0.3) is 0 Å². The molecule has 2 unspecified atom stereocenters. The summed E-state index contributed by atoms with van der Waals surface area (Å²) in [7, 11) is 2.07. The molecule has 4 heteroatoms. The normalized spacial score (nSPS) is 30.2. The number of ether oxygens (including phenoxy) is 1. The maximum atomic E-state index is 5.53. The summed E-state index contributed by atoms with van der Waals surface area (Å²) in [5.74, 6) is 0.959. The Labute approximate surface area is 121 Å². The van der Waals surface area contributed by atoms with E-state index < -0.39 is 0 Å². The maximum absolute atomic E-state index is 5.53. The fourth-order valence-electron chi connectivity index (χ4n) is 3.49. The van der Waals surface area contributed by atoms with Gasteiger partial charge in [-0.2, -0.15) is 0 Å². The van der Waals surface area contributed by atoms with Crippen molar-refractivity contribution in [1.82, 2.24) is 15.1 Å². The summed E-state index contributed by atoms with van der Waals surface area (Å²) in [4.78, 5) is 5.22. The molecule has 3 aliphatic rings. The van der Waals surface area contributed by atoms with E-state index in [2.05, 4.69) is 46.4 Å². The SMILES string of the molecule is CCOc1ccc(C(NC)C2CN3CCN2CC3)cc1. The van der Waals surface area contributed by atoms with E-state index in [0.717, 1.165) is 12.4 Å². The number of benzene rings is 1. The van der Waals surface area contributed by atoms with Gasteiger partial charge in [-0.15, -0.1) is 0 Å². The zero-order valence-electron chi connectivity index (χ0n) is 12.5. The number of piperazine rings is 3. The van der Waals surface area contributed by atoms with Gasteiger partial charge in [0, 0.05) is 44.8 Å². The van der Waals surface area contributed by atoms with Crippen molar-refractivity contribution in [1.29, 1.82) is 0 Å². The minimum absolute atomic E-state index is 0.397. The van der Waals surface area contributed by atoms with Gasteiger partial charge >= 0.3 is 0 Å². The number of nitrogens with one attached hydrogen (secondary N) is 1. The number of nitrogens with zero attached hydrogens (tertiary/aromatic N) is 2. The van der Waals surface area contributed by atoms with E-state index >= 15 is 0 Å². The largest absolute Gasteiger partial charge is 0.494 e. The van der Waals surface area contributed by atoms with Gasteiger partial charge in [0.25, 0.3) is 0 Å². The van der Waals surface area contributed by atoms with Gasteiger partial charge < -0.3 is 10.1 Å². The molecule has 0 amide bonds. The maximum Gasteiger partial charge on any atom is 0.119 e. The lowest BCUT2D eigenvalue weighted by Gasteiger charge is -2.50. The molecule has 2 atom stereocenters. The van der Waals surface area contributed by atoms with Gasteiger partial charge in [0.1, 0.15) is 5.75 Å². The summed E-state index contributed by atoms with van der Waals surface area (Å²) >= 11 is 0. The first-order chi connectivity index (χ1) is 9.81. The molecule has 3 fully saturated rings. The van der Waals surface area contributed by atoms with E-state index in [1.807, 2.05) is 6.92 Å². The fourth-order valence-corrected chi connectivity index (χ4v) is 3.49. The molecule has 4 nitrogen and oxygen atoms in total.